The van der Waals surface area contributed by atoms with Gasteiger partial charge >= 0.3 is 5.97 Å². The Labute approximate surface area is 136 Å². The van der Waals surface area contributed by atoms with Gasteiger partial charge in [0.25, 0.3) is 0 Å². The fourth-order valence-corrected chi connectivity index (χ4v) is 3.84. The van der Waals surface area contributed by atoms with Gasteiger partial charge in [-0.3, -0.25) is 9.59 Å². The Morgan fingerprint density at radius 2 is 1.70 bits per heavy atom. The van der Waals surface area contributed by atoms with Crippen molar-refractivity contribution in [3.05, 3.63) is 0 Å². The van der Waals surface area contributed by atoms with Crippen molar-refractivity contribution in [1.29, 1.82) is 0 Å². The van der Waals surface area contributed by atoms with Gasteiger partial charge in [0, 0.05) is 25.6 Å². The van der Waals surface area contributed by atoms with Crippen LogP contribution >= 0.6 is 0 Å². The molecule has 6 heteroatoms. The number of nitrogens with zero attached hydrogens (tertiary/aromatic N) is 2. The average molecular weight is 322 g/mol. The highest BCUT2D eigenvalue weighted by Gasteiger charge is 2.41. The maximum absolute atomic E-state index is 12.9. The van der Waals surface area contributed by atoms with Gasteiger partial charge < -0.3 is 14.9 Å². The monoisotopic (exact) mass is 322 g/mol. The first kappa shape index (κ1) is 16.3. The third kappa shape index (κ3) is 3.51. The summed E-state index contributed by atoms with van der Waals surface area (Å²) in [6, 6.07) is -0.708. The molecule has 3 rings (SSSR count). The number of hydrogen-bond donors (Lipinski definition) is 1. The minimum Gasteiger partial charge on any atom is -0.480 e. The molecule has 3 unspecified atom stereocenters. The zero-order valence-electron chi connectivity index (χ0n) is 13.7. The van der Waals surface area contributed by atoms with Crippen LogP contribution in [0.1, 0.15) is 45.4 Å². The van der Waals surface area contributed by atoms with Gasteiger partial charge in [0.2, 0.25) is 11.8 Å². The van der Waals surface area contributed by atoms with Crippen LogP contribution in [0.15, 0.2) is 0 Å². The number of carbonyl (C=O) groups excluding carboxylic acids is 2. The second-order valence-electron chi connectivity index (χ2n) is 7.41. The van der Waals surface area contributed by atoms with Gasteiger partial charge in [-0.15, -0.1) is 0 Å². The predicted octanol–water partition coefficient (Wildman–Crippen LogP) is 1.35. The minimum atomic E-state index is -0.911. The van der Waals surface area contributed by atoms with E-state index >= 15 is 0 Å². The van der Waals surface area contributed by atoms with Crippen molar-refractivity contribution < 1.29 is 19.5 Å². The molecule has 2 aliphatic heterocycles. The van der Waals surface area contributed by atoms with Crippen molar-refractivity contribution in [3.63, 3.8) is 0 Å². The van der Waals surface area contributed by atoms with E-state index in [1.807, 2.05) is 11.8 Å². The molecule has 3 aliphatic rings. The van der Waals surface area contributed by atoms with Crippen molar-refractivity contribution in [1.82, 2.24) is 9.80 Å². The van der Waals surface area contributed by atoms with Crippen LogP contribution in [0.4, 0.5) is 0 Å². The molecule has 23 heavy (non-hydrogen) atoms. The van der Waals surface area contributed by atoms with E-state index < -0.39 is 12.0 Å². The second kappa shape index (κ2) is 6.49. The first-order chi connectivity index (χ1) is 11.0. The normalized spacial score (nSPS) is 31.8. The molecule has 0 spiro atoms. The summed E-state index contributed by atoms with van der Waals surface area (Å²) in [7, 11) is 0. The highest BCUT2D eigenvalue weighted by Crippen LogP contribution is 2.33. The average Bonchev–Trinajstić information content (AvgIpc) is 3.38. The lowest BCUT2D eigenvalue weighted by Crippen LogP contribution is -2.54. The third-order valence-electron chi connectivity index (χ3n) is 5.44. The molecular weight excluding hydrogens is 296 g/mol. The Morgan fingerprint density at radius 3 is 2.35 bits per heavy atom. The lowest BCUT2D eigenvalue weighted by atomic mass is 9.89. The van der Waals surface area contributed by atoms with Crippen molar-refractivity contribution in [2.75, 3.05) is 19.6 Å². The molecule has 128 valence electrons. The number of hydrogen-bond acceptors (Lipinski definition) is 3. The van der Waals surface area contributed by atoms with Crippen molar-refractivity contribution in [2.24, 2.45) is 17.8 Å². The number of carboxylic acid groups (broad SMARTS) is 1. The number of carbonyl (C=O) groups is 3. The maximum atomic E-state index is 12.9. The summed E-state index contributed by atoms with van der Waals surface area (Å²) in [6.07, 6.45) is 4.91. The number of amides is 2. The van der Waals surface area contributed by atoms with E-state index in [9.17, 15) is 19.5 Å². The largest absolute Gasteiger partial charge is 0.480 e. The van der Waals surface area contributed by atoms with Gasteiger partial charge in [-0.2, -0.15) is 0 Å². The quantitative estimate of drug-likeness (QED) is 0.851. The first-order valence-electron chi connectivity index (χ1n) is 8.79. The van der Waals surface area contributed by atoms with Crippen LogP contribution in [0.3, 0.4) is 0 Å². The van der Waals surface area contributed by atoms with Crippen LogP contribution in [0.25, 0.3) is 0 Å². The van der Waals surface area contributed by atoms with E-state index in [0.717, 1.165) is 38.6 Å². The Balaban J connectivity index is 1.66. The Morgan fingerprint density at radius 1 is 0.957 bits per heavy atom. The number of carboxylic acids is 1. The number of piperidine rings is 2. The fourth-order valence-electron chi connectivity index (χ4n) is 3.84. The number of rotatable bonds is 3. The Bertz CT molecular complexity index is 503. The number of aliphatic carboxylic acids is 1. The van der Waals surface area contributed by atoms with E-state index in [1.54, 1.807) is 4.90 Å². The third-order valence-corrected chi connectivity index (χ3v) is 5.44. The molecule has 6 nitrogen and oxygen atoms in total. The summed E-state index contributed by atoms with van der Waals surface area (Å²) in [6.45, 7) is 3.75. The molecule has 0 aromatic rings. The van der Waals surface area contributed by atoms with Crippen molar-refractivity contribution >= 4 is 17.8 Å². The molecule has 2 heterocycles. The molecular formula is C17H26N2O4. The van der Waals surface area contributed by atoms with Crippen molar-refractivity contribution in [2.45, 2.75) is 51.5 Å². The molecule has 2 saturated heterocycles. The SMILES string of the molecule is CC1CCN(C(=O)C2CCCN(C(=O)C3CC3)C2)C(C(=O)O)C1. The fraction of sp³-hybridized carbons (Fsp3) is 0.824. The second-order valence-corrected chi connectivity index (χ2v) is 7.41. The topological polar surface area (TPSA) is 77.9 Å². The zero-order valence-corrected chi connectivity index (χ0v) is 13.7. The maximum Gasteiger partial charge on any atom is 0.326 e. The van der Waals surface area contributed by atoms with Crippen LogP contribution in [0, 0.1) is 17.8 Å². The minimum absolute atomic E-state index is 0.0717. The lowest BCUT2D eigenvalue weighted by Gasteiger charge is -2.40. The highest BCUT2D eigenvalue weighted by atomic mass is 16.4. The lowest BCUT2D eigenvalue weighted by molar-refractivity contribution is -0.156. The number of likely N-dealkylation sites (tertiary alicyclic amines) is 2. The molecule has 0 bridgehead atoms. The van der Waals surface area contributed by atoms with E-state index in [2.05, 4.69) is 0 Å². The first-order valence-corrected chi connectivity index (χ1v) is 8.79. The van der Waals surface area contributed by atoms with E-state index in [1.165, 1.54) is 0 Å². The van der Waals surface area contributed by atoms with Gasteiger partial charge in [-0.1, -0.05) is 6.92 Å². The van der Waals surface area contributed by atoms with Gasteiger partial charge in [-0.05, 0) is 44.4 Å². The summed E-state index contributed by atoms with van der Waals surface area (Å²) in [4.78, 5) is 40.0. The molecule has 1 saturated carbocycles. The Hall–Kier alpha value is -1.59. The smallest absolute Gasteiger partial charge is 0.326 e. The molecule has 0 aromatic heterocycles. The van der Waals surface area contributed by atoms with Crippen LogP contribution < -0.4 is 0 Å². The molecule has 2 amide bonds. The van der Waals surface area contributed by atoms with E-state index in [0.29, 0.717) is 25.4 Å². The molecule has 1 N–H and O–H groups in total. The van der Waals surface area contributed by atoms with Crippen LogP contribution in [0.5, 0.6) is 0 Å². The van der Waals surface area contributed by atoms with Crippen LogP contribution in [0.2, 0.25) is 0 Å². The predicted molar refractivity (Wildman–Crippen MR) is 83.6 cm³/mol. The Kier molecular flexibility index (Phi) is 4.60. The molecule has 0 aromatic carbocycles. The van der Waals surface area contributed by atoms with Crippen LogP contribution in [-0.4, -0.2) is 58.4 Å². The summed E-state index contributed by atoms with van der Waals surface area (Å²) < 4.78 is 0. The zero-order chi connectivity index (χ0) is 16.6. The van der Waals surface area contributed by atoms with E-state index in [-0.39, 0.29) is 23.7 Å². The summed E-state index contributed by atoms with van der Waals surface area (Å²) in [5.74, 6) is -0.526. The van der Waals surface area contributed by atoms with Gasteiger partial charge in [0.15, 0.2) is 0 Å². The summed E-state index contributed by atoms with van der Waals surface area (Å²) in [5.41, 5.74) is 0. The van der Waals surface area contributed by atoms with E-state index in [4.69, 9.17) is 0 Å². The summed E-state index contributed by atoms with van der Waals surface area (Å²) in [5, 5.41) is 9.44. The van der Waals surface area contributed by atoms with Gasteiger partial charge in [0.05, 0.1) is 5.92 Å². The van der Waals surface area contributed by atoms with Gasteiger partial charge in [-0.25, -0.2) is 4.79 Å². The van der Waals surface area contributed by atoms with Crippen molar-refractivity contribution in [3.8, 4) is 0 Å². The standard InChI is InChI=1S/C17H26N2O4/c1-11-6-8-19(14(9-11)17(22)23)16(21)13-3-2-7-18(10-13)15(20)12-4-5-12/h11-14H,2-10H2,1H3,(H,22,23). The molecule has 1 aliphatic carbocycles. The highest BCUT2D eigenvalue weighted by molar-refractivity contribution is 5.87. The van der Waals surface area contributed by atoms with Gasteiger partial charge in [0.1, 0.15) is 6.04 Å². The molecule has 3 fully saturated rings. The molecule has 3 atom stereocenters. The van der Waals surface area contributed by atoms with Crippen LogP contribution in [-0.2, 0) is 14.4 Å². The summed E-state index contributed by atoms with van der Waals surface area (Å²) >= 11 is 0. The molecule has 0 radical (unpaired) electrons.